The van der Waals surface area contributed by atoms with Crippen molar-refractivity contribution in [1.82, 2.24) is 4.98 Å². The molecule has 1 aliphatic rings. The average molecular weight is 352 g/mol. The van der Waals surface area contributed by atoms with Gasteiger partial charge in [-0.05, 0) is 49.6 Å². The summed E-state index contributed by atoms with van der Waals surface area (Å²) in [7, 11) is 0. The van der Waals surface area contributed by atoms with Crippen molar-refractivity contribution in [2.45, 2.75) is 27.3 Å². The fourth-order valence-electron chi connectivity index (χ4n) is 4.02. The van der Waals surface area contributed by atoms with Crippen molar-refractivity contribution in [3.8, 4) is 0 Å². The topological polar surface area (TPSA) is 33.2 Å². The molecule has 2 heterocycles. The van der Waals surface area contributed by atoms with Gasteiger partial charge in [0.25, 0.3) is 5.91 Å². The van der Waals surface area contributed by atoms with E-state index in [1.165, 1.54) is 5.56 Å². The monoisotopic (exact) mass is 352 g/mol. The number of aryl methyl sites for hydroxylation is 3. The molecule has 0 fully saturated rings. The molecule has 1 aromatic heterocycles. The minimum absolute atomic E-state index is 0.0687. The van der Waals surface area contributed by atoms with Crippen molar-refractivity contribution in [3.05, 3.63) is 82.4 Å². The Morgan fingerprint density at radius 1 is 0.963 bits per heavy atom. The summed E-state index contributed by atoms with van der Waals surface area (Å²) in [5.74, 6) is 0.0687. The lowest BCUT2D eigenvalue weighted by atomic mass is 9.99. The van der Waals surface area contributed by atoms with Gasteiger partial charge in [0.1, 0.15) is 0 Å². The first-order valence-corrected chi connectivity index (χ1v) is 9.24. The van der Waals surface area contributed by atoms with Crippen LogP contribution in [0.1, 0.15) is 32.6 Å². The van der Waals surface area contributed by atoms with E-state index in [1.54, 1.807) is 0 Å². The summed E-state index contributed by atoms with van der Waals surface area (Å²) in [6.07, 6.45) is 0. The third-order valence-electron chi connectivity index (χ3n) is 5.66. The molecular formula is C24H20N2O. The minimum atomic E-state index is 0.0687. The highest BCUT2D eigenvalue weighted by Crippen LogP contribution is 2.43. The Hall–Kier alpha value is -3.20. The zero-order chi connectivity index (χ0) is 18.7. The molecule has 0 saturated heterocycles. The molecule has 1 aliphatic heterocycles. The highest BCUT2D eigenvalue weighted by atomic mass is 16.2. The van der Waals surface area contributed by atoms with Crippen LogP contribution in [0.25, 0.3) is 21.8 Å². The van der Waals surface area contributed by atoms with Gasteiger partial charge in [-0.3, -0.25) is 4.79 Å². The van der Waals surface area contributed by atoms with E-state index in [-0.39, 0.29) is 5.91 Å². The third kappa shape index (κ3) is 2.28. The first-order chi connectivity index (χ1) is 13.0. The van der Waals surface area contributed by atoms with Crippen LogP contribution in [0.2, 0.25) is 0 Å². The van der Waals surface area contributed by atoms with Gasteiger partial charge in [-0.25, -0.2) is 4.98 Å². The molecule has 0 N–H and O–H groups in total. The third-order valence-corrected chi connectivity index (χ3v) is 5.66. The van der Waals surface area contributed by atoms with Gasteiger partial charge in [0.05, 0.1) is 28.8 Å². The van der Waals surface area contributed by atoms with Gasteiger partial charge >= 0.3 is 0 Å². The highest BCUT2D eigenvalue weighted by Gasteiger charge is 2.33. The summed E-state index contributed by atoms with van der Waals surface area (Å²) >= 11 is 0. The van der Waals surface area contributed by atoms with E-state index in [0.29, 0.717) is 6.54 Å². The van der Waals surface area contributed by atoms with E-state index in [0.717, 1.165) is 49.7 Å². The molecule has 3 heteroatoms. The van der Waals surface area contributed by atoms with Crippen molar-refractivity contribution in [2.24, 2.45) is 0 Å². The lowest BCUT2D eigenvalue weighted by Crippen LogP contribution is -2.26. The van der Waals surface area contributed by atoms with Crippen molar-refractivity contribution < 1.29 is 4.79 Å². The number of aromatic nitrogens is 1. The molecule has 0 aliphatic carbocycles. The Bertz CT molecular complexity index is 1240. The second-order valence-corrected chi connectivity index (χ2v) is 7.44. The molecular weight excluding hydrogens is 332 g/mol. The number of anilines is 1. The Balaban J connectivity index is 1.78. The van der Waals surface area contributed by atoms with Crippen LogP contribution in [0.4, 0.5) is 5.69 Å². The van der Waals surface area contributed by atoms with Gasteiger partial charge in [0, 0.05) is 10.8 Å². The van der Waals surface area contributed by atoms with Crippen molar-refractivity contribution >= 4 is 33.4 Å². The molecule has 132 valence electrons. The number of pyridine rings is 1. The standard InChI is InChI=1S/C24H20N2O/c1-14-8-10-17(11-9-14)13-26-20-12-15(2)16(3)23-22(20)21(24(26)27)18-6-4-5-7-19(18)25-23/h4-12H,13H2,1-3H3. The lowest BCUT2D eigenvalue weighted by Gasteiger charge is -2.19. The van der Waals surface area contributed by atoms with Gasteiger partial charge in [-0.15, -0.1) is 0 Å². The fraction of sp³-hybridized carbons (Fsp3) is 0.167. The molecule has 0 unspecified atom stereocenters. The SMILES string of the molecule is Cc1ccc(CN2C(=O)c3c4ccccc4nc4c(C)c(C)cc2c34)cc1. The molecule has 5 rings (SSSR count). The first-order valence-electron chi connectivity index (χ1n) is 9.24. The molecule has 3 nitrogen and oxygen atoms in total. The largest absolute Gasteiger partial charge is 0.303 e. The zero-order valence-electron chi connectivity index (χ0n) is 15.7. The molecule has 0 spiro atoms. The van der Waals surface area contributed by atoms with Crippen molar-refractivity contribution in [1.29, 1.82) is 0 Å². The lowest BCUT2D eigenvalue weighted by molar-refractivity contribution is 0.0993. The van der Waals surface area contributed by atoms with E-state index < -0.39 is 0 Å². The van der Waals surface area contributed by atoms with Crippen LogP contribution >= 0.6 is 0 Å². The van der Waals surface area contributed by atoms with Gasteiger partial charge in [-0.1, -0.05) is 48.0 Å². The average Bonchev–Trinajstić information content (AvgIpc) is 2.94. The molecule has 0 atom stereocenters. The molecule has 1 amide bonds. The Morgan fingerprint density at radius 3 is 2.48 bits per heavy atom. The Morgan fingerprint density at radius 2 is 1.70 bits per heavy atom. The number of para-hydroxylation sites is 1. The Kier molecular flexibility index (Phi) is 3.35. The number of rotatable bonds is 2. The van der Waals surface area contributed by atoms with E-state index >= 15 is 0 Å². The number of fused-ring (bicyclic) bond motifs is 2. The summed E-state index contributed by atoms with van der Waals surface area (Å²) in [5, 5.41) is 1.93. The van der Waals surface area contributed by atoms with Crippen molar-refractivity contribution in [2.75, 3.05) is 4.90 Å². The molecule has 0 radical (unpaired) electrons. The molecule has 27 heavy (non-hydrogen) atoms. The maximum atomic E-state index is 13.5. The number of carbonyl (C=O) groups is 1. The maximum Gasteiger partial charge on any atom is 0.260 e. The normalized spacial score (nSPS) is 13.1. The quantitative estimate of drug-likeness (QED) is 0.448. The fourth-order valence-corrected chi connectivity index (χ4v) is 4.02. The van der Waals surface area contributed by atoms with E-state index in [9.17, 15) is 4.79 Å². The zero-order valence-corrected chi connectivity index (χ0v) is 15.7. The first kappa shape index (κ1) is 16.0. The summed E-state index contributed by atoms with van der Waals surface area (Å²) in [6, 6.07) is 18.5. The second kappa shape index (κ2) is 5.65. The predicted molar refractivity (Wildman–Crippen MR) is 110 cm³/mol. The number of carbonyl (C=O) groups excluding carboxylic acids is 1. The number of benzene rings is 3. The van der Waals surface area contributed by atoms with E-state index in [1.807, 2.05) is 29.2 Å². The minimum Gasteiger partial charge on any atom is -0.303 e. The van der Waals surface area contributed by atoms with E-state index in [4.69, 9.17) is 4.98 Å². The van der Waals surface area contributed by atoms with Gasteiger partial charge < -0.3 is 4.90 Å². The van der Waals surface area contributed by atoms with Crippen LogP contribution in [-0.2, 0) is 6.54 Å². The summed E-state index contributed by atoms with van der Waals surface area (Å²) in [4.78, 5) is 20.3. The smallest absolute Gasteiger partial charge is 0.260 e. The van der Waals surface area contributed by atoms with Crippen LogP contribution in [0, 0.1) is 20.8 Å². The van der Waals surface area contributed by atoms with Gasteiger partial charge in [0.2, 0.25) is 0 Å². The van der Waals surface area contributed by atoms with Gasteiger partial charge in [-0.2, -0.15) is 0 Å². The second-order valence-electron chi connectivity index (χ2n) is 7.44. The van der Waals surface area contributed by atoms with Crippen molar-refractivity contribution in [3.63, 3.8) is 0 Å². The number of nitrogens with zero attached hydrogens (tertiary/aromatic N) is 2. The molecule has 3 aromatic carbocycles. The number of amides is 1. The molecule has 0 saturated carbocycles. The number of hydrogen-bond acceptors (Lipinski definition) is 2. The van der Waals surface area contributed by atoms with Crippen LogP contribution in [0.15, 0.2) is 54.6 Å². The maximum absolute atomic E-state index is 13.5. The summed E-state index contributed by atoms with van der Waals surface area (Å²) in [6.45, 7) is 6.83. The summed E-state index contributed by atoms with van der Waals surface area (Å²) < 4.78 is 0. The van der Waals surface area contributed by atoms with Gasteiger partial charge in [0.15, 0.2) is 0 Å². The van der Waals surface area contributed by atoms with Crippen LogP contribution in [0.5, 0.6) is 0 Å². The van der Waals surface area contributed by atoms with E-state index in [2.05, 4.69) is 51.1 Å². The highest BCUT2D eigenvalue weighted by molar-refractivity contribution is 6.30. The Labute approximate surface area is 158 Å². The predicted octanol–water partition coefficient (Wildman–Crippen LogP) is 5.47. The molecule has 4 aromatic rings. The molecule has 0 bridgehead atoms. The summed E-state index contributed by atoms with van der Waals surface area (Å²) in [5.41, 5.74) is 8.25. The van der Waals surface area contributed by atoms with Crippen LogP contribution in [-0.4, -0.2) is 10.9 Å². The van der Waals surface area contributed by atoms with Crippen LogP contribution in [0.3, 0.4) is 0 Å². The van der Waals surface area contributed by atoms with Crippen LogP contribution < -0.4 is 4.90 Å². The number of hydrogen-bond donors (Lipinski definition) is 0.